The van der Waals surface area contributed by atoms with Gasteiger partial charge < -0.3 is 4.90 Å². The van der Waals surface area contributed by atoms with Gasteiger partial charge in [0, 0.05) is 6.04 Å². The predicted molar refractivity (Wildman–Crippen MR) is 49.2 cm³/mol. The van der Waals surface area contributed by atoms with E-state index in [-0.39, 0.29) is 0 Å². The van der Waals surface area contributed by atoms with Crippen molar-refractivity contribution < 1.29 is 0 Å². The van der Waals surface area contributed by atoms with Crippen LogP contribution in [0.2, 0.25) is 0 Å². The van der Waals surface area contributed by atoms with Gasteiger partial charge in [-0.3, -0.25) is 11.3 Å². The monoisotopic (exact) mass is 159 g/mol. The molecule has 0 radical (unpaired) electrons. The fourth-order valence-corrected chi connectivity index (χ4v) is 0.999. The minimum absolute atomic E-state index is 0.426. The summed E-state index contributed by atoms with van der Waals surface area (Å²) in [6.07, 6.45) is 1.12. The van der Waals surface area contributed by atoms with Crippen molar-refractivity contribution in [1.29, 1.82) is 0 Å². The summed E-state index contributed by atoms with van der Waals surface area (Å²) in [6.45, 7) is 9.87. The van der Waals surface area contributed by atoms with Gasteiger partial charge in [-0.25, -0.2) is 0 Å². The van der Waals surface area contributed by atoms with Gasteiger partial charge in [-0.05, 0) is 33.0 Å². The van der Waals surface area contributed by atoms with E-state index in [1.165, 1.54) is 0 Å². The van der Waals surface area contributed by atoms with Gasteiger partial charge in [0.2, 0.25) is 0 Å². The highest BCUT2D eigenvalue weighted by Gasteiger charge is 2.01. The van der Waals surface area contributed by atoms with Crippen molar-refractivity contribution >= 4 is 0 Å². The van der Waals surface area contributed by atoms with Crippen molar-refractivity contribution in [1.82, 2.24) is 10.3 Å². The quantitative estimate of drug-likeness (QED) is 0.440. The van der Waals surface area contributed by atoms with E-state index in [0.717, 1.165) is 26.1 Å². The van der Waals surface area contributed by atoms with Gasteiger partial charge in [0.05, 0.1) is 0 Å². The second-order valence-electron chi connectivity index (χ2n) is 2.88. The summed E-state index contributed by atoms with van der Waals surface area (Å²) in [6, 6.07) is 0.426. The Kier molecular flexibility index (Phi) is 6.51. The van der Waals surface area contributed by atoms with Gasteiger partial charge >= 0.3 is 0 Å². The third kappa shape index (κ3) is 5.18. The molecule has 3 nitrogen and oxygen atoms in total. The first-order chi connectivity index (χ1) is 5.24. The van der Waals surface area contributed by atoms with E-state index in [2.05, 4.69) is 31.1 Å². The highest BCUT2D eigenvalue weighted by Crippen LogP contribution is 1.93. The van der Waals surface area contributed by atoms with Gasteiger partial charge in [-0.15, -0.1) is 0 Å². The molecule has 0 amide bonds. The molecule has 11 heavy (non-hydrogen) atoms. The molecule has 0 heterocycles. The number of rotatable bonds is 6. The SMILES string of the molecule is CCN(CC)CCC(C)NN. The molecule has 0 aromatic carbocycles. The molecular formula is C8H21N3. The first-order valence-electron chi connectivity index (χ1n) is 4.43. The predicted octanol–water partition coefficient (Wildman–Crippen LogP) is 0.570. The molecular weight excluding hydrogens is 138 g/mol. The Bertz CT molecular complexity index is 81.4. The zero-order chi connectivity index (χ0) is 8.69. The minimum Gasteiger partial charge on any atom is -0.304 e. The maximum Gasteiger partial charge on any atom is 0.0194 e. The number of hydrogen-bond acceptors (Lipinski definition) is 3. The molecule has 0 rings (SSSR count). The number of hydrazine groups is 1. The number of nitrogens with zero attached hydrogens (tertiary/aromatic N) is 1. The lowest BCUT2D eigenvalue weighted by molar-refractivity contribution is 0.285. The smallest absolute Gasteiger partial charge is 0.0194 e. The lowest BCUT2D eigenvalue weighted by atomic mass is 10.2. The van der Waals surface area contributed by atoms with Crippen molar-refractivity contribution in [3.63, 3.8) is 0 Å². The average molecular weight is 159 g/mol. The molecule has 0 aromatic heterocycles. The molecule has 0 bridgehead atoms. The fourth-order valence-electron chi connectivity index (χ4n) is 0.999. The average Bonchev–Trinajstić information content (AvgIpc) is 2.06. The number of nitrogens with one attached hydrogen (secondary N) is 1. The third-order valence-corrected chi connectivity index (χ3v) is 2.06. The van der Waals surface area contributed by atoms with Crippen molar-refractivity contribution in [3.8, 4) is 0 Å². The highest BCUT2D eigenvalue weighted by atomic mass is 15.2. The molecule has 0 aromatic rings. The van der Waals surface area contributed by atoms with Gasteiger partial charge in [0.15, 0.2) is 0 Å². The Morgan fingerprint density at radius 2 is 1.91 bits per heavy atom. The van der Waals surface area contributed by atoms with Crippen LogP contribution in [0.25, 0.3) is 0 Å². The van der Waals surface area contributed by atoms with Crippen LogP contribution >= 0.6 is 0 Å². The van der Waals surface area contributed by atoms with Crippen LogP contribution in [0.4, 0.5) is 0 Å². The summed E-state index contributed by atoms with van der Waals surface area (Å²) in [7, 11) is 0. The number of hydrogen-bond donors (Lipinski definition) is 2. The van der Waals surface area contributed by atoms with Gasteiger partial charge in [-0.1, -0.05) is 13.8 Å². The van der Waals surface area contributed by atoms with Gasteiger partial charge in [0.1, 0.15) is 0 Å². The molecule has 3 heteroatoms. The van der Waals surface area contributed by atoms with Crippen LogP contribution < -0.4 is 11.3 Å². The second kappa shape index (κ2) is 6.58. The van der Waals surface area contributed by atoms with Crippen molar-refractivity contribution in [2.24, 2.45) is 5.84 Å². The molecule has 3 N–H and O–H groups in total. The molecule has 0 aliphatic carbocycles. The van der Waals surface area contributed by atoms with E-state index < -0.39 is 0 Å². The second-order valence-corrected chi connectivity index (χ2v) is 2.88. The largest absolute Gasteiger partial charge is 0.304 e. The Balaban J connectivity index is 3.34. The molecule has 0 spiro atoms. The third-order valence-electron chi connectivity index (χ3n) is 2.06. The minimum atomic E-state index is 0.426. The fraction of sp³-hybridized carbons (Fsp3) is 1.00. The van der Waals surface area contributed by atoms with Crippen LogP contribution in [0, 0.1) is 0 Å². The van der Waals surface area contributed by atoms with E-state index in [1.54, 1.807) is 0 Å². The molecule has 1 unspecified atom stereocenters. The summed E-state index contributed by atoms with van der Waals surface area (Å²) >= 11 is 0. The molecule has 68 valence electrons. The van der Waals surface area contributed by atoms with Crippen LogP contribution in [0.15, 0.2) is 0 Å². The van der Waals surface area contributed by atoms with Crippen LogP contribution in [-0.2, 0) is 0 Å². The Labute approximate surface area is 69.9 Å². The topological polar surface area (TPSA) is 41.3 Å². The van der Waals surface area contributed by atoms with E-state index in [1.807, 2.05) is 0 Å². The molecule has 0 aliphatic rings. The molecule has 0 fully saturated rings. The van der Waals surface area contributed by atoms with E-state index in [4.69, 9.17) is 5.84 Å². The maximum atomic E-state index is 5.27. The zero-order valence-corrected chi connectivity index (χ0v) is 7.93. The van der Waals surface area contributed by atoms with Crippen LogP contribution in [0.5, 0.6) is 0 Å². The molecule has 0 saturated carbocycles. The summed E-state index contributed by atoms with van der Waals surface area (Å²) in [5.74, 6) is 5.27. The van der Waals surface area contributed by atoms with Crippen LogP contribution in [0.3, 0.4) is 0 Å². The first kappa shape index (κ1) is 10.9. The normalized spacial score (nSPS) is 13.9. The summed E-state index contributed by atoms with van der Waals surface area (Å²) in [5.41, 5.74) is 2.74. The maximum absolute atomic E-state index is 5.27. The summed E-state index contributed by atoms with van der Waals surface area (Å²) in [4.78, 5) is 2.40. The Hall–Kier alpha value is -0.120. The molecule has 0 aliphatic heterocycles. The van der Waals surface area contributed by atoms with Crippen LogP contribution in [0.1, 0.15) is 27.2 Å². The lowest BCUT2D eigenvalue weighted by Gasteiger charge is -2.19. The van der Waals surface area contributed by atoms with Crippen molar-refractivity contribution in [3.05, 3.63) is 0 Å². The highest BCUT2D eigenvalue weighted by molar-refractivity contribution is 4.60. The molecule has 1 atom stereocenters. The summed E-state index contributed by atoms with van der Waals surface area (Å²) in [5, 5.41) is 0. The van der Waals surface area contributed by atoms with E-state index in [9.17, 15) is 0 Å². The van der Waals surface area contributed by atoms with Gasteiger partial charge in [-0.2, -0.15) is 0 Å². The Morgan fingerprint density at radius 1 is 1.36 bits per heavy atom. The van der Waals surface area contributed by atoms with E-state index >= 15 is 0 Å². The summed E-state index contributed by atoms with van der Waals surface area (Å²) < 4.78 is 0. The number of nitrogens with two attached hydrogens (primary N) is 1. The van der Waals surface area contributed by atoms with E-state index in [0.29, 0.717) is 6.04 Å². The standard InChI is InChI=1S/C8H21N3/c1-4-11(5-2)7-6-8(3)10-9/h8,10H,4-7,9H2,1-3H3. The lowest BCUT2D eigenvalue weighted by Crippen LogP contribution is -2.36. The van der Waals surface area contributed by atoms with Crippen LogP contribution in [-0.4, -0.2) is 30.6 Å². The van der Waals surface area contributed by atoms with Gasteiger partial charge in [0.25, 0.3) is 0 Å². The Morgan fingerprint density at radius 3 is 2.27 bits per heavy atom. The van der Waals surface area contributed by atoms with Crippen molar-refractivity contribution in [2.75, 3.05) is 19.6 Å². The zero-order valence-electron chi connectivity index (χ0n) is 7.93. The molecule has 0 saturated heterocycles. The van der Waals surface area contributed by atoms with Crippen molar-refractivity contribution in [2.45, 2.75) is 33.2 Å². The first-order valence-corrected chi connectivity index (χ1v) is 4.43.